The molecule has 1 atom stereocenters. The topological polar surface area (TPSA) is 75.2 Å². The van der Waals surface area contributed by atoms with E-state index < -0.39 is 0 Å². The number of anilines is 2. The molecule has 0 bridgehead atoms. The zero-order valence-electron chi connectivity index (χ0n) is 14.7. The highest BCUT2D eigenvalue weighted by molar-refractivity contribution is 7.15. The van der Waals surface area contributed by atoms with Crippen LogP contribution in [0.25, 0.3) is 0 Å². The number of rotatable bonds is 5. The summed E-state index contributed by atoms with van der Waals surface area (Å²) in [7, 11) is 0. The van der Waals surface area contributed by atoms with Crippen molar-refractivity contribution in [3.8, 4) is 0 Å². The van der Waals surface area contributed by atoms with Crippen molar-refractivity contribution in [3.63, 3.8) is 0 Å². The molecule has 3 aromatic rings. The first kappa shape index (κ1) is 17.8. The van der Waals surface area contributed by atoms with Crippen LogP contribution >= 0.6 is 22.7 Å². The second-order valence-electron chi connectivity index (χ2n) is 6.49. The maximum absolute atomic E-state index is 12.4. The van der Waals surface area contributed by atoms with E-state index in [4.69, 9.17) is 0 Å². The molecule has 0 aliphatic carbocycles. The average Bonchev–Trinajstić information content (AvgIpc) is 3.37. The zero-order valence-corrected chi connectivity index (χ0v) is 16.3. The van der Waals surface area contributed by atoms with Crippen molar-refractivity contribution in [3.05, 3.63) is 57.2 Å². The van der Waals surface area contributed by atoms with Crippen molar-refractivity contribution < 1.29 is 9.59 Å². The minimum Gasteiger partial charge on any atom is -0.312 e. The molecule has 0 unspecified atom stereocenters. The van der Waals surface area contributed by atoms with Gasteiger partial charge in [-0.1, -0.05) is 35.1 Å². The van der Waals surface area contributed by atoms with Gasteiger partial charge in [-0.25, -0.2) is 0 Å². The fourth-order valence-corrected chi connectivity index (χ4v) is 4.59. The lowest BCUT2D eigenvalue weighted by atomic mass is 10.1. The molecule has 1 aliphatic heterocycles. The van der Waals surface area contributed by atoms with Crippen molar-refractivity contribution in [2.45, 2.75) is 25.7 Å². The van der Waals surface area contributed by atoms with Crippen LogP contribution in [0.1, 0.15) is 27.8 Å². The second kappa shape index (κ2) is 7.58. The van der Waals surface area contributed by atoms with Crippen molar-refractivity contribution in [1.82, 2.24) is 10.2 Å². The number of nitrogens with one attached hydrogen (secondary N) is 1. The lowest BCUT2D eigenvalue weighted by Gasteiger charge is -2.16. The summed E-state index contributed by atoms with van der Waals surface area (Å²) < 4.78 is 0. The number of aromatic nitrogens is 2. The first-order valence-electron chi connectivity index (χ1n) is 8.61. The molecule has 4 rings (SSSR count). The molecular weight excluding hydrogens is 380 g/mol. The third-order valence-electron chi connectivity index (χ3n) is 4.42. The van der Waals surface area contributed by atoms with Crippen LogP contribution in [0.3, 0.4) is 0 Å². The van der Waals surface area contributed by atoms with Crippen LogP contribution < -0.4 is 10.2 Å². The van der Waals surface area contributed by atoms with Gasteiger partial charge in [-0.05, 0) is 30.5 Å². The van der Waals surface area contributed by atoms with Crippen LogP contribution in [-0.4, -0.2) is 28.6 Å². The number of aryl methyl sites for hydroxylation is 1. The zero-order chi connectivity index (χ0) is 18.8. The number of hydrogen-bond acceptors (Lipinski definition) is 6. The SMILES string of the molecule is Cc1ccc(N2C[C@H](c3nnc(NC(=O)Cc4cccs4)s3)CC2=O)cc1. The van der Waals surface area contributed by atoms with Gasteiger partial charge < -0.3 is 10.2 Å². The number of benzene rings is 1. The molecule has 8 heteroatoms. The van der Waals surface area contributed by atoms with Gasteiger partial charge in [0.2, 0.25) is 16.9 Å². The van der Waals surface area contributed by atoms with Gasteiger partial charge in [0.1, 0.15) is 5.01 Å². The molecule has 1 saturated heterocycles. The standard InChI is InChI=1S/C19H18N4O2S2/c1-12-4-6-14(7-5-12)23-11-13(9-17(23)25)18-21-22-19(27-18)20-16(24)10-15-3-2-8-26-15/h2-8,13H,9-11H2,1H3,(H,20,22,24)/t13-/m1/s1. The Morgan fingerprint density at radius 2 is 2.07 bits per heavy atom. The Hall–Kier alpha value is -2.58. The van der Waals surface area contributed by atoms with E-state index in [-0.39, 0.29) is 17.7 Å². The van der Waals surface area contributed by atoms with Gasteiger partial charge in [-0.15, -0.1) is 21.5 Å². The van der Waals surface area contributed by atoms with Gasteiger partial charge in [-0.3, -0.25) is 9.59 Å². The van der Waals surface area contributed by atoms with Crippen LogP contribution in [0, 0.1) is 6.92 Å². The van der Waals surface area contributed by atoms with Crippen LogP contribution in [0.4, 0.5) is 10.8 Å². The molecule has 0 saturated carbocycles. The van der Waals surface area contributed by atoms with Gasteiger partial charge in [0.25, 0.3) is 0 Å². The largest absolute Gasteiger partial charge is 0.312 e. The molecule has 3 heterocycles. The van der Waals surface area contributed by atoms with Crippen molar-refractivity contribution in [1.29, 1.82) is 0 Å². The van der Waals surface area contributed by atoms with Crippen LogP contribution in [0.5, 0.6) is 0 Å². The quantitative estimate of drug-likeness (QED) is 0.712. The van der Waals surface area contributed by atoms with E-state index in [2.05, 4.69) is 15.5 Å². The predicted molar refractivity (Wildman–Crippen MR) is 107 cm³/mol. The highest BCUT2D eigenvalue weighted by atomic mass is 32.1. The van der Waals surface area contributed by atoms with E-state index in [0.29, 0.717) is 24.5 Å². The van der Waals surface area contributed by atoms with Gasteiger partial charge in [-0.2, -0.15) is 0 Å². The third-order valence-corrected chi connectivity index (χ3v) is 6.30. The third kappa shape index (κ3) is 4.06. The van der Waals surface area contributed by atoms with Gasteiger partial charge in [0, 0.05) is 29.4 Å². The minimum absolute atomic E-state index is 0.000693. The molecule has 6 nitrogen and oxygen atoms in total. The molecule has 138 valence electrons. The summed E-state index contributed by atoms with van der Waals surface area (Å²) in [6.07, 6.45) is 0.737. The fourth-order valence-electron chi connectivity index (χ4n) is 3.03. The van der Waals surface area contributed by atoms with Gasteiger partial charge in [0.15, 0.2) is 0 Å². The Morgan fingerprint density at radius 1 is 1.26 bits per heavy atom. The summed E-state index contributed by atoms with van der Waals surface area (Å²) in [5, 5.41) is 14.3. The Kier molecular flexibility index (Phi) is 5.00. The minimum atomic E-state index is -0.107. The van der Waals surface area contributed by atoms with Gasteiger partial charge >= 0.3 is 0 Å². The number of thiophene rings is 1. The van der Waals surface area contributed by atoms with Crippen molar-refractivity contribution >= 4 is 45.3 Å². The van der Waals surface area contributed by atoms with Crippen molar-refractivity contribution in [2.75, 3.05) is 16.8 Å². The molecular formula is C19H18N4O2S2. The lowest BCUT2D eigenvalue weighted by Crippen LogP contribution is -2.24. The summed E-state index contributed by atoms with van der Waals surface area (Å²) in [5.41, 5.74) is 2.07. The molecule has 1 N–H and O–H groups in total. The Bertz CT molecular complexity index is 951. The number of carbonyl (C=O) groups excluding carboxylic acids is 2. The number of amides is 2. The maximum Gasteiger partial charge on any atom is 0.231 e. The molecule has 2 amide bonds. The highest BCUT2D eigenvalue weighted by Gasteiger charge is 2.33. The molecule has 1 aromatic carbocycles. The monoisotopic (exact) mass is 398 g/mol. The first-order chi connectivity index (χ1) is 13.1. The smallest absolute Gasteiger partial charge is 0.231 e. The number of carbonyl (C=O) groups is 2. The number of nitrogens with zero attached hydrogens (tertiary/aromatic N) is 3. The van der Waals surface area contributed by atoms with E-state index >= 15 is 0 Å². The molecule has 27 heavy (non-hydrogen) atoms. The summed E-state index contributed by atoms with van der Waals surface area (Å²) in [4.78, 5) is 27.3. The fraction of sp³-hybridized carbons (Fsp3) is 0.263. The van der Waals surface area contributed by atoms with Crippen LogP contribution in [0.15, 0.2) is 41.8 Å². The Labute approximate surface area is 164 Å². The van der Waals surface area contributed by atoms with Crippen LogP contribution in [0.2, 0.25) is 0 Å². The van der Waals surface area contributed by atoms with Crippen LogP contribution in [-0.2, 0) is 16.0 Å². The summed E-state index contributed by atoms with van der Waals surface area (Å²) in [6, 6.07) is 11.8. The summed E-state index contributed by atoms with van der Waals surface area (Å²) >= 11 is 2.89. The predicted octanol–water partition coefficient (Wildman–Crippen LogP) is 3.61. The maximum atomic E-state index is 12.4. The highest BCUT2D eigenvalue weighted by Crippen LogP contribution is 2.34. The van der Waals surface area contributed by atoms with Crippen molar-refractivity contribution in [2.24, 2.45) is 0 Å². The lowest BCUT2D eigenvalue weighted by molar-refractivity contribution is -0.117. The van der Waals surface area contributed by atoms with E-state index in [1.165, 1.54) is 11.3 Å². The number of hydrogen-bond donors (Lipinski definition) is 1. The van der Waals surface area contributed by atoms with Gasteiger partial charge in [0.05, 0.1) is 6.42 Å². The van der Waals surface area contributed by atoms with E-state index in [0.717, 1.165) is 21.1 Å². The average molecular weight is 399 g/mol. The molecule has 2 aromatic heterocycles. The summed E-state index contributed by atoms with van der Waals surface area (Å²) in [5.74, 6) is -0.0227. The Morgan fingerprint density at radius 3 is 2.81 bits per heavy atom. The van der Waals surface area contributed by atoms with E-state index in [9.17, 15) is 9.59 Å². The molecule has 1 fully saturated rings. The molecule has 1 aliphatic rings. The molecule has 0 spiro atoms. The summed E-state index contributed by atoms with van der Waals surface area (Å²) in [6.45, 7) is 2.60. The first-order valence-corrected chi connectivity index (χ1v) is 10.3. The van der Waals surface area contributed by atoms with E-state index in [1.807, 2.05) is 48.7 Å². The normalized spacial score (nSPS) is 16.7. The molecule has 0 radical (unpaired) electrons. The second-order valence-corrected chi connectivity index (χ2v) is 8.53. The Balaban J connectivity index is 1.40. The van der Waals surface area contributed by atoms with E-state index in [1.54, 1.807) is 16.2 Å².